The van der Waals surface area contributed by atoms with Crippen molar-refractivity contribution in [3.63, 3.8) is 0 Å². The second-order valence-electron chi connectivity index (χ2n) is 8.62. The van der Waals surface area contributed by atoms with Gasteiger partial charge in [0.15, 0.2) is 5.82 Å². The molecule has 1 aliphatic rings. The van der Waals surface area contributed by atoms with Gasteiger partial charge >= 0.3 is 0 Å². The average Bonchev–Trinajstić information content (AvgIpc) is 3.40. The van der Waals surface area contributed by atoms with Crippen molar-refractivity contribution in [2.24, 2.45) is 0 Å². The summed E-state index contributed by atoms with van der Waals surface area (Å²) in [4.78, 5) is 17.9. The van der Waals surface area contributed by atoms with Crippen LogP contribution in [0.2, 0.25) is 0 Å². The average molecular weight is 441 g/mol. The highest BCUT2D eigenvalue weighted by atomic mass is 16.5. The Morgan fingerprint density at radius 1 is 1.09 bits per heavy atom. The maximum Gasteiger partial charge on any atom is 0.255 e. The number of aromatic nitrogens is 3. The van der Waals surface area contributed by atoms with Crippen molar-refractivity contribution in [1.82, 2.24) is 20.1 Å². The molecule has 1 N–H and O–H groups in total. The van der Waals surface area contributed by atoms with Crippen LogP contribution in [0.4, 0.5) is 0 Å². The zero-order valence-electron chi connectivity index (χ0n) is 18.8. The first-order valence-corrected chi connectivity index (χ1v) is 11.6. The summed E-state index contributed by atoms with van der Waals surface area (Å²) in [5, 5.41) is 9.52. The van der Waals surface area contributed by atoms with Gasteiger partial charge in [-0.25, -0.2) is 9.67 Å². The van der Waals surface area contributed by atoms with Gasteiger partial charge in [0, 0.05) is 30.0 Å². The van der Waals surface area contributed by atoms with Gasteiger partial charge in [0.2, 0.25) is 0 Å². The van der Waals surface area contributed by atoms with Crippen molar-refractivity contribution < 1.29 is 9.53 Å². The fraction of sp³-hybridized carbons (Fsp3) is 0.296. The summed E-state index contributed by atoms with van der Waals surface area (Å²) in [6.45, 7) is 0. The van der Waals surface area contributed by atoms with Crippen LogP contribution in [0.1, 0.15) is 53.6 Å². The number of methoxy groups -OCH3 is 1. The second kappa shape index (κ2) is 9.45. The molecule has 0 bridgehead atoms. The first-order chi connectivity index (χ1) is 16.2. The molecular formula is C27H28N4O2. The summed E-state index contributed by atoms with van der Waals surface area (Å²) < 4.78 is 7.48. The predicted molar refractivity (Wildman–Crippen MR) is 129 cm³/mol. The van der Waals surface area contributed by atoms with Crippen LogP contribution in [0.25, 0.3) is 16.6 Å². The van der Waals surface area contributed by atoms with Gasteiger partial charge in [-0.05, 0) is 54.0 Å². The van der Waals surface area contributed by atoms with E-state index in [-0.39, 0.29) is 11.9 Å². The Labute approximate surface area is 193 Å². The van der Waals surface area contributed by atoms with Gasteiger partial charge in [-0.2, -0.15) is 5.10 Å². The van der Waals surface area contributed by atoms with Gasteiger partial charge in [-0.15, -0.1) is 0 Å². The predicted octanol–water partition coefficient (Wildman–Crippen LogP) is 5.08. The molecule has 33 heavy (non-hydrogen) atoms. The molecule has 0 aliphatic heterocycles. The van der Waals surface area contributed by atoms with Crippen molar-refractivity contribution in [1.29, 1.82) is 0 Å². The fourth-order valence-electron chi connectivity index (χ4n) is 4.75. The van der Waals surface area contributed by atoms with Gasteiger partial charge in [0.1, 0.15) is 5.75 Å². The Balaban J connectivity index is 1.49. The molecule has 0 atom stereocenters. The van der Waals surface area contributed by atoms with Gasteiger partial charge in [-0.3, -0.25) is 4.79 Å². The Morgan fingerprint density at radius 3 is 2.61 bits per heavy atom. The quantitative estimate of drug-likeness (QED) is 0.454. The van der Waals surface area contributed by atoms with E-state index in [1.54, 1.807) is 18.0 Å². The van der Waals surface area contributed by atoms with Crippen LogP contribution in [0.5, 0.6) is 5.75 Å². The van der Waals surface area contributed by atoms with E-state index in [1.807, 2.05) is 48.8 Å². The van der Waals surface area contributed by atoms with Gasteiger partial charge in [0.25, 0.3) is 5.91 Å². The van der Waals surface area contributed by atoms with Crippen LogP contribution in [0, 0.1) is 0 Å². The van der Waals surface area contributed by atoms with E-state index < -0.39 is 0 Å². The van der Waals surface area contributed by atoms with Gasteiger partial charge < -0.3 is 10.1 Å². The number of fused-ring (bicyclic) bond motifs is 1. The summed E-state index contributed by atoms with van der Waals surface area (Å²) in [5.41, 5.74) is 2.74. The highest BCUT2D eigenvalue weighted by Gasteiger charge is 2.22. The number of pyridine rings is 1. The minimum Gasteiger partial charge on any atom is -0.495 e. The first-order valence-electron chi connectivity index (χ1n) is 11.6. The largest absolute Gasteiger partial charge is 0.495 e. The van der Waals surface area contributed by atoms with Crippen molar-refractivity contribution >= 4 is 16.7 Å². The molecule has 2 heterocycles. The molecule has 5 rings (SSSR count). The summed E-state index contributed by atoms with van der Waals surface area (Å²) in [6.07, 6.45) is 11.8. The number of carbonyl (C=O) groups excluding carboxylic acids is 1. The molecule has 6 nitrogen and oxygen atoms in total. The maximum atomic E-state index is 13.3. The topological polar surface area (TPSA) is 69.0 Å². The number of benzene rings is 2. The van der Waals surface area contributed by atoms with E-state index in [4.69, 9.17) is 4.74 Å². The lowest BCUT2D eigenvalue weighted by Gasteiger charge is -2.24. The molecule has 1 aliphatic carbocycles. The number of nitrogens with zero attached hydrogens (tertiary/aromatic N) is 3. The van der Waals surface area contributed by atoms with E-state index in [0.717, 1.165) is 40.6 Å². The number of ether oxygens (including phenoxy) is 1. The van der Waals surface area contributed by atoms with E-state index in [9.17, 15) is 4.79 Å². The lowest BCUT2D eigenvalue weighted by molar-refractivity contribution is 0.0925. The van der Waals surface area contributed by atoms with Crippen molar-refractivity contribution in [2.45, 2.75) is 44.6 Å². The molecular weight excluding hydrogens is 412 g/mol. The Morgan fingerprint density at radius 2 is 1.91 bits per heavy atom. The number of rotatable bonds is 6. The highest BCUT2D eigenvalue weighted by molar-refractivity contribution is 6.05. The molecule has 0 saturated heterocycles. The van der Waals surface area contributed by atoms with Crippen LogP contribution in [-0.2, 0) is 6.42 Å². The van der Waals surface area contributed by atoms with E-state index in [0.29, 0.717) is 17.7 Å². The number of amides is 1. The minimum absolute atomic E-state index is 0.0575. The molecule has 2 aromatic carbocycles. The number of hydrogen-bond donors (Lipinski definition) is 1. The molecule has 1 fully saturated rings. The number of nitrogens with one attached hydrogen (secondary N) is 1. The van der Waals surface area contributed by atoms with Gasteiger partial charge in [0.05, 0.1) is 12.7 Å². The van der Waals surface area contributed by atoms with Gasteiger partial charge in [-0.1, -0.05) is 49.6 Å². The third-order valence-corrected chi connectivity index (χ3v) is 6.41. The van der Waals surface area contributed by atoms with Crippen LogP contribution in [-0.4, -0.2) is 33.8 Å². The van der Waals surface area contributed by atoms with Crippen LogP contribution in [0.3, 0.4) is 0 Å². The molecule has 1 saturated carbocycles. The first kappa shape index (κ1) is 21.2. The van der Waals surface area contributed by atoms with Crippen molar-refractivity contribution in [3.8, 4) is 11.6 Å². The third kappa shape index (κ3) is 4.46. The lowest BCUT2D eigenvalue weighted by Crippen LogP contribution is -2.36. The molecule has 2 aromatic heterocycles. The van der Waals surface area contributed by atoms with Crippen LogP contribution in [0.15, 0.2) is 67.1 Å². The smallest absolute Gasteiger partial charge is 0.255 e. The number of hydrogen-bond acceptors (Lipinski definition) is 4. The molecule has 6 heteroatoms. The fourth-order valence-corrected chi connectivity index (χ4v) is 4.75. The van der Waals surface area contributed by atoms with E-state index in [2.05, 4.69) is 27.5 Å². The third-order valence-electron chi connectivity index (χ3n) is 6.41. The van der Waals surface area contributed by atoms with Crippen molar-refractivity contribution in [3.05, 3.63) is 83.8 Å². The molecule has 168 valence electrons. The van der Waals surface area contributed by atoms with E-state index in [1.165, 1.54) is 19.3 Å². The van der Waals surface area contributed by atoms with Crippen LogP contribution >= 0.6 is 0 Å². The second-order valence-corrected chi connectivity index (χ2v) is 8.62. The summed E-state index contributed by atoms with van der Waals surface area (Å²) in [7, 11) is 1.64. The van der Waals surface area contributed by atoms with Crippen molar-refractivity contribution in [2.75, 3.05) is 7.11 Å². The summed E-state index contributed by atoms with van der Waals surface area (Å²) in [6, 6.07) is 16.2. The molecule has 0 spiro atoms. The number of carbonyl (C=O) groups is 1. The summed E-state index contributed by atoms with van der Waals surface area (Å²) in [5.74, 6) is 1.35. The monoisotopic (exact) mass is 440 g/mol. The highest BCUT2D eigenvalue weighted by Crippen LogP contribution is 2.34. The zero-order chi connectivity index (χ0) is 22.6. The van der Waals surface area contributed by atoms with E-state index >= 15 is 0 Å². The maximum absolute atomic E-state index is 13.3. The normalized spacial score (nSPS) is 14.3. The Kier molecular flexibility index (Phi) is 6.07. The Bertz CT molecular complexity index is 1240. The SMILES string of the molecule is COc1c(C(=O)NC2CCCCC2)cc(Cc2ccc(-n3cccn3)nc2)c2ccccc12. The summed E-state index contributed by atoms with van der Waals surface area (Å²) >= 11 is 0. The molecule has 4 aromatic rings. The standard InChI is InChI=1S/C27H28N4O2/c1-33-26-23-11-6-5-10-22(23)20(17-24(26)27(32)30-21-8-3-2-4-9-21)16-19-12-13-25(28-18-19)31-15-7-14-29-31/h5-7,10-15,17-18,21H,2-4,8-9,16H2,1H3,(H,30,32). The Hall–Kier alpha value is -3.67. The molecule has 1 amide bonds. The van der Waals surface area contributed by atoms with Crippen LogP contribution < -0.4 is 10.1 Å². The lowest BCUT2D eigenvalue weighted by atomic mass is 9.93. The zero-order valence-corrected chi connectivity index (χ0v) is 18.8. The molecule has 0 unspecified atom stereocenters. The molecule has 0 radical (unpaired) electrons. The minimum atomic E-state index is -0.0575.